The first-order valence-electron chi connectivity index (χ1n) is 6.16. The highest BCUT2D eigenvalue weighted by Gasteiger charge is 2.16. The topological polar surface area (TPSA) is 74.8 Å². The molecule has 1 aliphatic heterocycles. The van der Waals surface area contributed by atoms with Gasteiger partial charge in [-0.2, -0.15) is 0 Å². The van der Waals surface area contributed by atoms with Crippen LogP contribution in [0.25, 0.3) is 11.6 Å². The Bertz CT molecular complexity index is 896. The van der Waals surface area contributed by atoms with Gasteiger partial charge in [-0.25, -0.2) is 0 Å². The molecule has 0 fully saturated rings. The van der Waals surface area contributed by atoms with Crippen molar-refractivity contribution in [2.45, 2.75) is 6.54 Å². The van der Waals surface area contributed by atoms with Gasteiger partial charge < -0.3 is 10.2 Å². The van der Waals surface area contributed by atoms with Gasteiger partial charge in [0.15, 0.2) is 3.95 Å². The van der Waals surface area contributed by atoms with Crippen molar-refractivity contribution in [1.29, 1.82) is 0 Å². The maximum absolute atomic E-state index is 10.8. The van der Waals surface area contributed by atoms with Crippen molar-refractivity contribution in [3.05, 3.63) is 37.1 Å². The lowest BCUT2D eigenvalue weighted by atomic mass is 10.1. The highest BCUT2D eigenvalue weighted by molar-refractivity contribution is 9.10. The number of benzene rings is 1. The number of carbonyl (C=O) groups is 1. The van der Waals surface area contributed by atoms with Gasteiger partial charge in [-0.3, -0.25) is 14.4 Å². The van der Waals surface area contributed by atoms with Crippen LogP contribution in [0.15, 0.2) is 27.7 Å². The van der Waals surface area contributed by atoms with Crippen molar-refractivity contribution in [2.24, 2.45) is 4.99 Å². The number of allylic oxidation sites excluding steroid dienone is 1. The normalized spacial score (nSPS) is 14.5. The second kappa shape index (κ2) is 5.79. The van der Waals surface area contributed by atoms with E-state index in [1.54, 1.807) is 12.3 Å². The molecule has 5 nitrogen and oxygen atoms in total. The minimum Gasteiger partial charge on any atom is -0.493 e. The zero-order valence-electron chi connectivity index (χ0n) is 11.0. The Morgan fingerprint density at radius 1 is 1.50 bits per heavy atom. The van der Waals surface area contributed by atoms with E-state index in [-0.39, 0.29) is 12.4 Å². The van der Waals surface area contributed by atoms with Gasteiger partial charge in [0.2, 0.25) is 5.88 Å². The third kappa shape index (κ3) is 2.77. The van der Waals surface area contributed by atoms with Crippen LogP contribution in [0.5, 0.6) is 5.88 Å². The number of hydrogen-bond acceptors (Lipinski definition) is 5. The molecule has 1 aromatic carbocycles. The summed E-state index contributed by atoms with van der Waals surface area (Å²) in [7, 11) is 0. The molecule has 22 heavy (non-hydrogen) atoms. The van der Waals surface area contributed by atoms with Crippen LogP contribution in [0.1, 0.15) is 10.4 Å². The van der Waals surface area contributed by atoms with Gasteiger partial charge in [-0.15, -0.1) is 11.3 Å². The summed E-state index contributed by atoms with van der Waals surface area (Å²) in [5.74, 6) is -1.19. The van der Waals surface area contributed by atoms with E-state index in [0.29, 0.717) is 8.83 Å². The molecule has 0 aliphatic carbocycles. The summed E-state index contributed by atoms with van der Waals surface area (Å²) in [5.41, 5.74) is 2.63. The summed E-state index contributed by atoms with van der Waals surface area (Å²) in [6.07, 6.45) is 3.47. The largest absolute Gasteiger partial charge is 0.493 e. The number of hydrogen-bond donors (Lipinski definition) is 2. The highest BCUT2D eigenvalue weighted by Crippen LogP contribution is 2.37. The first-order valence-corrected chi connectivity index (χ1v) is 8.17. The van der Waals surface area contributed by atoms with E-state index in [9.17, 15) is 9.90 Å². The van der Waals surface area contributed by atoms with Crippen LogP contribution < -0.4 is 0 Å². The number of aromatic hydroxyl groups is 1. The second-order valence-corrected chi connectivity index (χ2v) is 7.15. The average Bonchev–Trinajstić information content (AvgIpc) is 2.95. The van der Waals surface area contributed by atoms with Gasteiger partial charge >= 0.3 is 5.97 Å². The van der Waals surface area contributed by atoms with Crippen molar-refractivity contribution in [3.63, 3.8) is 0 Å². The quantitative estimate of drug-likeness (QED) is 0.766. The zero-order chi connectivity index (χ0) is 15.9. The predicted molar refractivity (Wildman–Crippen MR) is 92.6 cm³/mol. The molecule has 1 aliphatic rings. The zero-order valence-corrected chi connectivity index (χ0v) is 14.2. The molecule has 0 radical (unpaired) electrons. The second-order valence-electron chi connectivity index (χ2n) is 4.56. The van der Waals surface area contributed by atoms with Gasteiger partial charge in [-0.1, -0.05) is 15.9 Å². The van der Waals surface area contributed by atoms with E-state index >= 15 is 0 Å². The summed E-state index contributed by atoms with van der Waals surface area (Å²) < 4.78 is 2.45. The molecule has 0 spiro atoms. The molecular formula is C14H9BrN2O3S2. The van der Waals surface area contributed by atoms with Gasteiger partial charge in [0.25, 0.3) is 0 Å². The molecule has 0 saturated heterocycles. The third-order valence-electron chi connectivity index (χ3n) is 3.09. The fraction of sp³-hybridized carbons (Fsp3) is 0.0714. The van der Waals surface area contributed by atoms with E-state index in [2.05, 4.69) is 20.9 Å². The molecule has 2 heterocycles. The molecule has 0 atom stereocenters. The van der Waals surface area contributed by atoms with Gasteiger partial charge in [0.05, 0.1) is 10.6 Å². The summed E-state index contributed by atoms with van der Waals surface area (Å²) in [6.45, 7) is -0.361. The molecule has 112 valence electrons. The number of aliphatic carboxylic acids is 1. The SMILES string of the molecule is O=C(O)Cn1c(O)c(C=C2C=Nc3ccc(Br)cc32)sc1=S. The van der Waals surface area contributed by atoms with Crippen LogP contribution in [0, 0.1) is 3.95 Å². The molecule has 2 N–H and O–H groups in total. The Morgan fingerprint density at radius 3 is 3.00 bits per heavy atom. The molecule has 1 aromatic heterocycles. The Balaban J connectivity index is 2.05. The van der Waals surface area contributed by atoms with Crippen LogP contribution >= 0.6 is 39.5 Å². The molecule has 0 saturated carbocycles. The number of fused-ring (bicyclic) bond motifs is 1. The maximum atomic E-state index is 10.8. The number of rotatable bonds is 3. The van der Waals surface area contributed by atoms with Crippen molar-refractivity contribution in [1.82, 2.24) is 4.57 Å². The standard InChI is InChI=1S/C14H9BrN2O3S2/c15-8-1-2-10-9(4-8)7(5-16-10)3-11-13(20)17(6-12(18)19)14(21)22-11/h1-5,20H,6H2,(H,18,19). The van der Waals surface area contributed by atoms with Crippen LogP contribution in [0.2, 0.25) is 0 Å². The van der Waals surface area contributed by atoms with E-state index in [4.69, 9.17) is 17.3 Å². The molecule has 0 unspecified atom stereocenters. The van der Waals surface area contributed by atoms with E-state index in [1.807, 2.05) is 18.2 Å². The summed E-state index contributed by atoms with van der Waals surface area (Å²) in [6, 6.07) is 5.75. The Hall–Kier alpha value is -1.77. The van der Waals surface area contributed by atoms with Crippen molar-refractivity contribution < 1.29 is 15.0 Å². The van der Waals surface area contributed by atoms with Crippen LogP contribution in [0.4, 0.5) is 5.69 Å². The fourth-order valence-corrected chi connectivity index (χ4v) is 3.72. The number of aliphatic imine (C=N–C) groups is 1. The summed E-state index contributed by atoms with van der Waals surface area (Å²) >= 11 is 9.69. The molecule has 2 aromatic rings. The average molecular weight is 397 g/mol. The lowest BCUT2D eigenvalue weighted by molar-refractivity contribution is -0.137. The van der Waals surface area contributed by atoms with Crippen molar-refractivity contribution in [3.8, 4) is 5.88 Å². The summed E-state index contributed by atoms with van der Waals surface area (Å²) in [5, 5.41) is 19.0. The highest BCUT2D eigenvalue weighted by atomic mass is 79.9. The number of nitrogens with zero attached hydrogens (tertiary/aromatic N) is 2. The third-order valence-corrected chi connectivity index (χ3v) is 4.96. The number of halogens is 1. The number of aromatic nitrogens is 1. The van der Waals surface area contributed by atoms with Crippen molar-refractivity contribution >= 4 is 69.0 Å². The molecular weight excluding hydrogens is 388 g/mol. The van der Waals surface area contributed by atoms with Crippen LogP contribution in [-0.4, -0.2) is 27.0 Å². The first-order chi connectivity index (χ1) is 10.5. The lowest BCUT2D eigenvalue weighted by Gasteiger charge is -2.01. The van der Waals surface area contributed by atoms with Gasteiger partial charge in [0, 0.05) is 21.8 Å². The lowest BCUT2D eigenvalue weighted by Crippen LogP contribution is -2.07. The summed E-state index contributed by atoms with van der Waals surface area (Å²) in [4.78, 5) is 15.6. The van der Waals surface area contributed by atoms with Crippen molar-refractivity contribution in [2.75, 3.05) is 0 Å². The number of carboxylic acids is 1. The predicted octanol–water partition coefficient (Wildman–Crippen LogP) is 4.09. The Kier molecular flexibility index (Phi) is 3.98. The molecule has 3 rings (SSSR count). The first kappa shape index (κ1) is 15.1. The smallest absolute Gasteiger partial charge is 0.323 e. The Labute approximate surface area is 143 Å². The van der Waals surface area contributed by atoms with Gasteiger partial charge in [0.1, 0.15) is 6.54 Å². The Morgan fingerprint density at radius 2 is 2.27 bits per heavy atom. The minimum atomic E-state index is -1.06. The number of thiazole rings is 1. The van der Waals surface area contributed by atoms with Crippen LogP contribution in [-0.2, 0) is 11.3 Å². The minimum absolute atomic E-state index is 0.137. The fourth-order valence-electron chi connectivity index (χ4n) is 2.10. The molecule has 0 amide bonds. The molecule has 0 bridgehead atoms. The van der Waals surface area contributed by atoms with Crippen LogP contribution in [0.3, 0.4) is 0 Å². The van der Waals surface area contributed by atoms with Gasteiger partial charge in [-0.05, 0) is 36.5 Å². The maximum Gasteiger partial charge on any atom is 0.323 e. The monoisotopic (exact) mass is 396 g/mol. The molecule has 8 heteroatoms. The van der Waals surface area contributed by atoms with E-state index in [1.165, 1.54) is 4.57 Å². The number of carboxylic acid groups (broad SMARTS) is 1. The van der Waals surface area contributed by atoms with E-state index in [0.717, 1.165) is 32.6 Å². The van der Waals surface area contributed by atoms with E-state index < -0.39 is 5.97 Å².